The zero-order valence-corrected chi connectivity index (χ0v) is 10.9. The molecule has 0 atom stereocenters. The first kappa shape index (κ1) is 11.7. The van der Waals surface area contributed by atoms with E-state index in [0.717, 1.165) is 21.6 Å². The Bertz CT molecular complexity index is 302. The van der Waals surface area contributed by atoms with E-state index in [4.69, 9.17) is 4.74 Å². The van der Waals surface area contributed by atoms with Gasteiger partial charge in [-0.1, -0.05) is 0 Å². The molecule has 0 bridgehead atoms. The lowest BCUT2D eigenvalue weighted by atomic mass is 10.4. The van der Waals surface area contributed by atoms with Crippen LogP contribution in [0.5, 0.6) is 5.75 Å². The lowest BCUT2D eigenvalue weighted by Crippen LogP contribution is -2.19. The fourth-order valence-electron chi connectivity index (χ4n) is 0.914. The Morgan fingerprint density at radius 1 is 1.50 bits per heavy atom. The molecule has 4 heteroatoms. The highest BCUT2D eigenvalue weighted by atomic mass is 127. The monoisotopic (exact) mass is 306 g/mol. The minimum absolute atomic E-state index is 0.702. The van der Waals surface area contributed by atoms with E-state index in [9.17, 15) is 0 Å². The van der Waals surface area contributed by atoms with Gasteiger partial charge in [0.15, 0.2) is 0 Å². The van der Waals surface area contributed by atoms with Crippen molar-refractivity contribution in [1.29, 1.82) is 0 Å². The molecule has 78 valence electrons. The van der Waals surface area contributed by atoms with Crippen LogP contribution in [0.2, 0.25) is 0 Å². The van der Waals surface area contributed by atoms with Crippen LogP contribution in [-0.4, -0.2) is 37.1 Å². The van der Waals surface area contributed by atoms with Crippen LogP contribution < -0.4 is 4.74 Å². The number of ether oxygens (including phenoxy) is 1. The van der Waals surface area contributed by atoms with Crippen LogP contribution in [0, 0.1) is 10.5 Å². The highest BCUT2D eigenvalue weighted by molar-refractivity contribution is 14.1. The van der Waals surface area contributed by atoms with Gasteiger partial charge in [0.05, 0.1) is 11.9 Å². The molecule has 0 unspecified atom stereocenters. The molecule has 0 spiro atoms. The molecular weight excluding hydrogens is 291 g/mol. The van der Waals surface area contributed by atoms with E-state index in [-0.39, 0.29) is 0 Å². The molecule has 0 aliphatic heterocycles. The molecule has 0 amide bonds. The van der Waals surface area contributed by atoms with Gasteiger partial charge in [-0.2, -0.15) is 0 Å². The first-order chi connectivity index (χ1) is 6.59. The third kappa shape index (κ3) is 3.79. The highest BCUT2D eigenvalue weighted by Crippen LogP contribution is 2.16. The van der Waals surface area contributed by atoms with Gasteiger partial charge in [0.1, 0.15) is 12.4 Å². The normalized spacial score (nSPS) is 10.6. The largest absolute Gasteiger partial charge is 0.491 e. The summed E-state index contributed by atoms with van der Waals surface area (Å²) in [5.74, 6) is 0.849. The van der Waals surface area contributed by atoms with Crippen LogP contribution in [-0.2, 0) is 0 Å². The van der Waals surface area contributed by atoms with Crippen molar-refractivity contribution in [2.45, 2.75) is 6.92 Å². The predicted octanol–water partition coefficient (Wildman–Crippen LogP) is 1.94. The number of pyridine rings is 1. The van der Waals surface area contributed by atoms with E-state index in [1.165, 1.54) is 0 Å². The molecule has 0 N–H and O–H groups in total. The standard InChI is InChI=1S/C10H15IN2O/c1-8-10(11)6-9(7-12-8)14-5-4-13(2)3/h6-7H,4-5H2,1-3H3. The van der Waals surface area contributed by atoms with E-state index in [0.29, 0.717) is 6.61 Å². The molecule has 1 aromatic rings. The molecule has 0 saturated heterocycles. The summed E-state index contributed by atoms with van der Waals surface area (Å²) in [6, 6.07) is 2.01. The maximum Gasteiger partial charge on any atom is 0.138 e. The first-order valence-electron chi connectivity index (χ1n) is 4.49. The van der Waals surface area contributed by atoms with Gasteiger partial charge in [-0.25, -0.2) is 0 Å². The summed E-state index contributed by atoms with van der Waals surface area (Å²) < 4.78 is 6.69. The minimum atomic E-state index is 0.702. The fourth-order valence-corrected chi connectivity index (χ4v) is 1.36. The number of nitrogens with zero attached hydrogens (tertiary/aromatic N) is 2. The Morgan fingerprint density at radius 3 is 2.79 bits per heavy atom. The topological polar surface area (TPSA) is 25.4 Å². The molecule has 0 aliphatic carbocycles. The Hall–Kier alpha value is -0.360. The van der Waals surface area contributed by atoms with Gasteiger partial charge in [0.2, 0.25) is 0 Å². The molecule has 0 aliphatic rings. The Morgan fingerprint density at radius 2 is 2.21 bits per heavy atom. The molecule has 0 radical (unpaired) electrons. The van der Waals surface area contributed by atoms with Crippen molar-refractivity contribution in [2.24, 2.45) is 0 Å². The Labute approximate surface area is 98.6 Å². The van der Waals surface area contributed by atoms with Crippen molar-refractivity contribution in [1.82, 2.24) is 9.88 Å². The Balaban J connectivity index is 2.47. The summed E-state index contributed by atoms with van der Waals surface area (Å²) in [6.45, 7) is 3.61. The number of hydrogen-bond donors (Lipinski definition) is 0. The lowest BCUT2D eigenvalue weighted by Gasteiger charge is -2.11. The number of aromatic nitrogens is 1. The van der Waals surface area contributed by atoms with Crippen LogP contribution in [0.1, 0.15) is 5.69 Å². The first-order valence-corrected chi connectivity index (χ1v) is 5.57. The van der Waals surface area contributed by atoms with Gasteiger partial charge in [-0.05, 0) is 49.7 Å². The number of halogens is 1. The third-order valence-electron chi connectivity index (χ3n) is 1.81. The molecular formula is C10H15IN2O. The van der Waals surface area contributed by atoms with Gasteiger partial charge >= 0.3 is 0 Å². The van der Waals surface area contributed by atoms with Gasteiger partial charge < -0.3 is 9.64 Å². The SMILES string of the molecule is Cc1ncc(OCCN(C)C)cc1I. The second kappa shape index (κ2) is 5.50. The maximum absolute atomic E-state index is 5.54. The van der Waals surface area contributed by atoms with Crippen LogP contribution in [0.15, 0.2) is 12.3 Å². The van der Waals surface area contributed by atoms with Crippen molar-refractivity contribution in [3.63, 3.8) is 0 Å². The van der Waals surface area contributed by atoms with Crippen molar-refractivity contribution in [3.05, 3.63) is 21.5 Å². The number of aryl methyl sites for hydroxylation is 1. The summed E-state index contributed by atoms with van der Waals surface area (Å²) >= 11 is 2.26. The van der Waals surface area contributed by atoms with Gasteiger partial charge in [-0.3, -0.25) is 4.98 Å². The number of likely N-dealkylation sites (N-methyl/N-ethyl adjacent to an activating group) is 1. The summed E-state index contributed by atoms with van der Waals surface area (Å²) in [5, 5.41) is 0. The number of rotatable bonds is 4. The second-order valence-electron chi connectivity index (χ2n) is 3.39. The lowest BCUT2D eigenvalue weighted by molar-refractivity contribution is 0.260. The van der Waals surface area contributed by atoms with E-state index < -0.39 is 0 Å². The molecule has 1 aromatic heterocycles. The molecule has 1 rings (SSSR count). The minimum Gasteiger partial charge on any atom is -0.491 e. The molecule has 0 aromatic carbocycles. The average molecular weight is 306 g/mol. The third-order valence-corrected chi connectivity index (χ3v) is 2.90. The quantitative estimate of drug-likeness (QED) is 0.795. The number of hydrogen-bond acceptors (Lipinski definition) is 3. The van der Waals surface area contributed by atoms with Gasteiger partial charge in [0.25, 0.3) is 0 Å². The van der Waals surface area contributed by atoms with E-state index in [2.05, 4.69) is 32.5 Å². The fraction of sp³-hybridized carbons (Fsp3) is 0.500. The highest BCUT2D eigenvalue weighted by Gasteiger charge is 1.99. The van der Waals surface area contributed by atoms with Gasteiger partial charge in [0, 0.05) is 10.1 Å². The summed E-state index contributed by atoms with van der Waals surface area (Å²) in [5.41, 5.74) is 1.05. The van der Waals surface area contributed by atoms with Crippen LogP contribution >= 0.6 is 22.6 Å². The van der Waals surface area contributed by atoms with Crippen molar-refractivity contribution in [3.8, 4) is 5.75 Å². The summed E-state index contributed by atoms with van der Waals surface area (Å²) in [4.78, 5) is 6.32. The zero-order chi connectivity index (χ0) is 10.6. The van der Waals surface area contributed by atoms with Crippen LogP contribution in [0.4, 0.5) is 0 Å². The molecule has 1 heterocycles. The summed E-state index contributed by atoms with van der Waals surface area (Å²) in [7, 11) is 4.06. The molecule has 3 nitrogen and oxygen atoms in total. The summed E-state index contributed by atoms with van der Waals surface area (Å²) in [6.07, 6.45) is 1.77. The van der Waals surface area contributed by atoms with Crippen LogP contribution in [0.25, 0.3) is 0 Å². The molecule has 0 fully saturated rings. The molecule has 14 heavy (non-hydrogen) atoms. The van der Waals surface area contributed by atoms with Crippen molar-refractivity contribution < 1.29 is 4.74 Å². The van der Waals surface area contributed by atoms with Gasteiger partial charge in [-0.15, -0.1) is 0 Å². The van der Waals surface area contributed by atoms with E-state index in [1.54, 1.807) is 6.20 Å². The van der Waals surface area contributed by atoms with E-state index in [1.807, 2.05) is 27.1 Å². The van der Waals surface area contributed by atoms with Crippen molar-refractivity contribution >= 4 is 22.6 Å². The second-order valence-corrected chi connectivity index (χ2v) is 4.55. The zero-order valence-electron chi connectivity index (χ0n) is 8.75. The maximum atomic E-state index is 5.54. The predicted molar refractivity (Wildman–Crippen MR) is 65.7 cm³/mol. The van der Waals surface area contributed by atoms with Crippen LogP contribution in [0.3, 0.4) is 0 Å². The average Bonchev–Trinajstić information content (AvgIpc) is 2.10. The van der Waals surface area contributed by atoms with Crippen molar-refractivity contribution in [2.75, 3.05) is 27.2 Å². The van der Waals surface area contributed by atoms with E-state index >= 15 is 0 Å². The smallest absolute Gasteiger partial charge is 0.138 e. The molecule has 0 saturated carbocycles. The Kier molecular flexibility index (Phi) is 4.60.